The Morgan fingerprint density at radius 2 is 2.30 bits per heavy atom. The summed E-state index contributed by atoms with van der Waals surface area (Å²) in [6.07, 6.45) is 0. The Morgan fingerprint density at radius 1 is 1.50 bits per heavy atom. The van der Waals surface area contributed by atoms with Crippen LogP contribution in [0.15, 0.2) is 17.5 Å². The van der Waals surface area contributed by atoms with Crippen molar-refractivity contribution < 1.29 is 9.59 Å². The molecule has 2 aliphatic rings. The summed E-state index contributed by atoms with van der Waals surface area (Å²) in [4.78, 5) is 27.6. The topological polar surface area (TPSA) is 61.4 Å². The predicted octanol–water partition coefficient (Wildman–Crippen LogP) is 0.603. The number of hydrogen-bond donors (Lipinski definition) is 2. The lowest BCUT2D eigenvalue weighted by molar-refractivity contribution is -0.147. The molecule has 2 aliphatic heterocycles. The molecule has 3 rings (SSSR count). The van der Waals surface area contributed by atoms with Gasteiger partial charge in [0.15, 0.2) is 0 Å². The molecule has 2 N–H and O–H groups in total. The van der Waals surface area contributed by atoms with Crippen LogP contribution < -0.4 is 10.6 Å². The number of amides is 2. The lowest BCUT2D eigenvalue weighted by Gasteiger charge is -2.39. The number of hydrogen-bond acceptors (Lipinski definition) is 4. The first kappa shape index (κ1) is 13.6. The minimum Gasteiger partial charge on any atom is -0.352 e. The van der Waals surface area contributed by atoms with Crippen LogP contribution in [0, 0.1) is 11.8 Å². The maximum absolute atomic E-state index is 12.7. The fourth-order valence-electron chi connectivity index (χ4n) is 2.76. The first-order chi connectivity index (χ1) is 9.68. The van der Waals surface area contributed by atoms with Crippen LogP contribution in [0.2, 0.25) is 0 Å². The van der Waals surface area contributed by atoms with Crippen LogP contribution >= 0.6 is 11.3 Å². The average Bonchev–Trinajstić information content (AvgIpc) is 2.89. The molecule has 0 aromatic carbocycles. The second-order valence-corrected chi connectivity index (χ2v) is 6.43. The maximum Gasteiger partial charge on any atom is 0.248 e. The van der Waals surface area contributed by atoms with E-state index in [-0.39, 0.29) is 17.7 Å². The summed E-state index contributed by atoms with van der Waals surface area (Å²) in [6, 6.07) is 3.40. The maximum atomic E-state index is 12.7. The smallest absolute Gasteiger partial charge is 0.248 e. The molecule has 2 saturated heterocycles. The van der Waals surface area contributed by atoms with Crippen LogP contribution in [0.1, 0.15) is 17.8 Å². The van der Waals surface area contributed by atoms with Gasteiger partial charge in [0.25, 0.3) is 0 Å². The van der Waals surface area contributed by atoms with Crippen LogP contribution in [0.25, 0.3) is 0 Å². The number of thiophene rings is 1. The van der Waals surface area contributed by atoms with Gasteiger partial charge < -0.3 is 15.5 Å². The van der Waals surface area contributed by atoms with Gasteiger partial charge in [0.05, 0.1) is 0 Å². The molecule has 0 aliphatic carbocycles. The monoisotopic (exact) mass is 293 g/mol. The number of nitrogens with zero attached hydrogens (tertiary/aromatic N) is 1. The fourth-order valence-corrected chi connectivity index (χ4v) is 3.60. The molecule has 0 spiro atoms. The summed E-state index contributed by atoms with van der Waals surface area (Å²) < 4.78 is 0. The van der Waals surface area contributed by atoms with Gasteiger partial charge in [-0.05, 0) is 30.5 Å². The van der Waals surface area contributed by atoms with Crippen LogP contribution in [-0.2, 0) is 9.59 Å². The molecular weight excluding hydrogens is 274 g/mol. The highest BCUT2D eigenvalue weighted by Gasteiger charge is 2.39. The summed E-state index contributed by atoms with van der Waals surface area (Å²) in [6.45, 7) is 4.92. The molecule has 0 bridgehead atoms. The number of nitrogens with one attached hydrogen (secondary N) is 2. The van der Waals surface area contributed by atoms with E-state index in [1.165, 1.54) is 11.3 Å². The molecule has 1 aromatic rings. The first-order valence-electron chi connectivity index (χ1n) is 7.01. The highest BCUT2D eigenvalue weighted by Crippen LogP contribution is 2.30. The summed E-state index contributed by atoms with van der Waals surface area (Å²) >= 11 is 1.53. The summed E-state index contributed by atoms with van der Waals surface area (Å²) in [7, 11) is 0. The van der Waals surface area contributed by atoms with Crippen molar-refractivity contribution in [1.29, 1.82) is 0 Å². The van der Waals surface area contributed by atoms with E-state index in [1.54, 1.807) is 4.90 Å². The normalized spacial score (nSPS) is 24.9. The van der Waals surface area contributed by atoms with Crippen molar-refractivity contribution in [1.82, 2.24) is 15.5 Å². The predicted molar refractivity (Wildman–Crippen MR) is 77.3 cm³/mol. The number of carbonyl (C=O) groups excluding carboxylic acids is 2. The van der Waals surface area contributed by atoms with E-state index in [9.17, 15) is 9.59 Å². The van der Waals surface area contributed by atoms with Crippen molar-refractivity contribution in [2.75, 3.05) is 26.2 Å². The zero-order chi connectivity index (χ0) is 14.1. The van der Waals surface area contributed by atoms with Crippen molar-refractivity contribution in [2.45, 2.75) is 13.0 Å². The molecule has 3 heterocycles. The Labute approximate surface area is 122 Å². The van der Waals surface area contributed by atoms with E-state index >= 15 is 0 Å². The Hall–Kier alpha value is -1.40. The van der Waals surface area contributed by atoms with Crippen molar-refractivity contribution in [3.8, 4) is 0 Å². The lowest BCUT2D eigenvalue weighted by Crippen LogP contribution is -2.56. The second-order valence-electron chi connectivity index (χ2n) is 5.45. The zero-order valence-corrected chi connectivity index (χ0v) is 12.3. The van der Waals surface area contributed by atoms with Gasteiger partial charge in [0.1, 0.15) is 6.04 Å². The molecule has 2 amide bonds. The Morgan fingerprint density at radius 3 is 2.90 bits per heavy atom. The third-order valence-electron chi connectivity index (χ3n) is 4.22. The fraction of sp³-hybridized carbons (Fsp3) is 0.571. The van der Waals surface area contributed by atoms with Gasteiger partial charge in [-0.15, -0.1) is 11.3 Å². The molecule has 108 valence electrons. The number of piperazine rings is 1. The van der Waals surface area contributed by atoms with Gasteiger partial charge in [0.2, 0.25) is 11.8 Å². The highest BCUT2D eigenvalue weighted by atomic mass is 32.1. The molecule has 2 atom stereocenters. The van der Waals surface area contributed by atoms with Gasteiger partial charge in [-0.3, -0.25) is 9.59 Å². The minimum absolute atomic E-state index is 0.0235. The Bertz CT molecular complexity index is 499. The number of carbonyl (C=O) groups is 2. The zero-order valence-electron chi connectivity index (χ0n) is 11.5. The van der Waals surface area contributed by atoms with Gasteiger partial charge >= 0.3 is 0 Å². The van der Waals surface area contributed by atoms with Gasteiger partial charge in [-0.25, -0.2) is 0 Å². The molecule has 20 heavy (non-hydrogen) atoms. The van der Waals surface area contributed by atoms with Crippen LogP contribution in [0.3, 0.4) is 0 Å². The molecule has 0 radical (unpaired) electrons. The van der Waals surface area contributed by atoms with Crippen molar-refractivity contribution in [3.05, 3.63) is 22.4 Å². The third-order valence-corrected chi connectivity index (χ3v) is 5.14. The second kappa shape index (κ2) is 5.54. The third kappa shape index (κ3) is 2.33. The molecule has 1 aromatic heterocycles. The summed E-state index contributed by atoms with van der Waals surface area (Å²) in [5.74, 6) is 0.414. The van der Waals surface area contributed by atoms with E-state index in [2.05, 4.69) is 10.6 Å². The van der Waals surface area contributed by atoms with Gasteiger partial charge in [-0.1, -0.05) is 13.0 Å². The van der Waals surface area contributed by atoms with Crippen molar-refractivity contribution in [2.24, 2.45) is 11.8 Å². The van der Waals surface area contributed by atoms with Crippen molar-refractivity contribution in [3.63, 3.8) is 0 Å². The molecule has 2 unspecified atom stereocenters. The first-order valence-corrected chi connectivity index (χ1v) is 7.88. The SMILES string of the molecule is CC(C(=O)N1CCNC(=O)C1c1cccs1)C1CNC1. The van der Waals surface area contributed by atoms with Gasteiger partial charge in [-0.2, -0.15) is 0 Å². The van der Waals surface area contributed by atoms with E-state index in [1.807, 2.05) is 24.4 Å². The van der Waals surface area contributed by atoms with E-state index < -0.39 is 6.04 Å². The highest BCUT2D eigenvalue weighted by molar-refractivity contribution is 7.10. The van der Waals surface area contributed by atoms with Gasteiger partial charge in [0, 0.05) is 23.9 Å². The minimum atomic E-state index is -0.452. The lowest BCUT2D eigenvalue weighted by atomic mass is 9.87. The molecular formula is C14H19N3O2S. The van der Waals surface area contributed by atoms with E-state index in [0.29, 0.717) is 19.0 Å². The summed E-state index contributed by atoms with van der Waals surface area (Å²) in [5.41, 5.74) is 0. The quantitative estimate of drug-likeness (QED) is 0.858. The van der Waals surface area contributed by atoms with E-state index in [4.69, 9.17) is 0 Å². The van der Waals surface area contributed by atoms with Crippen LogP contribution in [0.4, 0.5) is 0 Å². The standard InChI is InChI=1S/C14H19N3O2S/c1-9(10-7-15-8-10)14(19)17-5-4-16-13(18)12(17)11-3-2-6-20-11/h2-3,6,9-10,12,15H,4-5,7-8H2,1H3,(H,16,18). The summed E-state index contributed by atoms with van der Waals surface area (Å²) in [5, 5.41) is 8.01. The Kier molecular flexibility index (Phi) is 3.76. The molecule has 6 heteroatoms. The molecule has 2 fully saturated rings. The van der Waals surface area contributed by atoms with Crippen LogP contribution in [0.5, 0.6) is 0 Å². The van der Waals surface area contributed by atoms with Crippen molar-refractivity contribution >= 4 is 23.2 Å². The molecule has 0 saturated carbocycles. The largest absolute Gasteiger partial charge is 0.352 e. The number of rotatable bonds is 3. The Balaban J connectivity index is 1.81. The van der Waals surface area contributed by atoms with Crippen LogP contribution in [-0.4, -0.2) is 42.9 Å². The van der Waals surface area contributed by atoms with E-state index in [0.717, 1.165) is 18.0 Å². The molecule has 5 nitrogen and oxygen atoms in total. The average molecular weight is 293 g/mol.